The molecule has 0 saturated heterocycles. The quantitative estimate of drug-likeness (QED) is 0.782. The molecule has 0 aliphatic heterocycles. The number of hydrogen-bond donors (Lipinski definition) is 2. The van der Waals surface area contributed by atoms with Gasteiger partial charge in [0.25, 0.3) is 0 Å². The van der Waals surface area contributed by atoms with Crippen molar-refractivity contribution in [3.05, 3.63) is 34.9 Å². The molecule has 94 valence electrons. The first-order chi connectivity index (χ1) is 7.97. The molecule has 0 heterocycles. The monoisotopic (exact) mass is 257 g/mol. The third-order valence-electron chi connectivity index (χ3n) is 2.37. The molecule has 0 aliphatic carbocycles. The zero-order valence-electron chi connectivity index (χ0n) is 9.87. The predicted molar refractivity (Wildman–Crippen MR) is 65.8 cm³/mol. The van der Waals surface area contributed by atoms with Gasteiger partial charge in [-0.25, -0.2) is 4.79 Å². The van der Waals surface area contributed by atoms with Crippen LogP contribution in [0.2, 0.25) is 5.02 Å². The summed E-state index contributed by atoms with van der Waals surface area (Å²) in [6.45, 7) is 1.98. The van der Waals surface area contributed by atoms with E-state index in [-0.39, 0.29) is 6.54 Å². The lowest BCUT2D eigenvalue weighted by atomic mass is 10.1. The Hall–Kier alpha value is -1.10. The fourth-order valence-corrected chi connectivity index (χ4v) is 1.58. The highest BCUT2D eigenvalue weighted by molar-refractivity contribution is 6.31. The van der Waals surface area contributed by atoms with E-state index in [1.165, 1.54) is 14.0 Å². The Morgan fingerprint density at radius 1 is 1.53 bits per heavy atom. The van der Waals surface area contributed by atoms with Crippen molar-refractivity contribution >= 4 is 17.6 Å². The second-order valence-electron chi connectivity index (χ2n) is 3.96. The third-order valence-corrected chi connectivity index (χ3v) is 2.74. The summed E-state index contributed by atoms with van der Waals surface area (Å²) in [6.07, 6.45) is 0. The molecule has 5 heteroatoms. The molecule has 1 aromatic carbocycles. The second kappa shape index (κ2) is 6.00. The molecule has 0 radical (unpaired) electrons. The highest BCUT2D eigenvalue weighted by atomic mass is 35.5. The first-order valence-corrected chi connectivity index (χ1v) is 5.60. The number of halogens is 1. The number of esters is 1. The molecule has 0 aliphatic rings. The van der Waals surface area contributed by atoms with E-state index in [0.717, 1.165) is 5.56 Å². The largest absolute Gasteiger partial charge is 0.467 e. The van der Waals surface area contributed by atoms with Crippen LogP contribution in [-0.4, -0.2) is 30.3 Å². The number of methoxy groups -OCH3 is 1. The summed E-state index contributed by atoms with van der Waals surface area (Å²) < 4.78 is 4.49. The molecule has 1 rings (SSSR count). The van der Waals surface area contributed by atoms with E-state index in [9.17, 15) is 9.90 Å². The van der Waals surface area contributed by atoms with Gasteiger partial charge < -0.3 is 15.2 Å². The van der Waals surface area contributed by atoms with Crippen LogP contribution in [0.3, 0.4) is 0 Å². The third kappa shape index (κ3) is 4.00. The summed E-state index contributed by atoms with van der Waals surface area (Å²) >= 11 is 5.97. The molecule has 0 saturated carbocycles. The summed E-state index contributed by atoms with van der Waals surface area (Å²) in [7, 11) is 1.24. The van der Waals surface area contributed by atoms with Crippen LogP contribution >= 0.6 is 11.6 Å². The molecule has 2 N–H and O–H groups in total. The van der Waals surface area contributed by atoms with Crippen LogP contribution < -0.4 is 5.32 Å². The highest BCUT2D eigenvalue weighted by Crippen LogP contribution is 2.14. The lowest BCUT2D eigenvalue weighted by Crippen LogP contribution is -2.45. The summed E-state index contributed by atoms with van der Waals surface area (Å²) in [5.41, 5.74) is -0.620. The molecule has 1 aromatic rings. The zero-order valence-corrected chi connectivity index (χ0v) is 10.6. The molecule has 1 unspecified atom stereocenters. The number of benzene rings is 1. The van der Waals surface area contributed by atoms with E-state index in [1.807, 2.05) is 18.2 Å². The Labute approximate surface area is 106 Å². The smallest absolute Gasteiger partial charge is 0.338 e. The molecule has 0 spiro atoms. The maximum Gasteiger partial charge on any atom is 0.338 e. The summed E-state index contributed by atoms with van der Waals surface area (Å²) in [5.74, 6) is -0.663. The van der Waals surface area contributed by atoms with E-state index in [2.05, 4.69) is 10.1 Å². The highest BCUT2D eigenvalue weighted by Gasteiger charge is 2.30. The van der Waals surface area contributed by atoms with E-state index in [1.54, 1.807) is 6.07 Å². The number of carbonyl (C=O) groups excluding carboxylic acids is 1. The number of hydrogen-bond acceptors (Lipinski definition) is 4. The van der Waals surface area contributed by atoms with Crippen LogP contribution in [0.4, 0.5) is 0 Å². The van der Waals surface area contributed by atoms with Gasteiger partial charge in [0.1, 0.15) is 0 Å². The topological polar surface area (TPSA) is 58.6 Å². The van der Waals surface area contributed by atoms with Crippen molar-refractivity contribution in [3.63, 3.8) is 0 Å². The number of ether oxygens (including phenoxy) is 1. The number of rotatable bonds is 5. The van der Waals surface area contributed by atoms with Gasteiger partial charge in [-0.05, 0) is 18.6 Å². The average Bonchev–Trinajstić information content (AvgIpc) is 2.30. The SMILES string of the molecule is COC(=O)C(C)(O)CNCc1ccccc1Cl. The summed E-state index contributed by atoms with van der Waals surface area (Å²) in [6, 6.07) is 7.39. The molecule has 4 nitrogen and oxygen atoms in total. The molecular weight excluding hydrogens is 242 g/mol. The molecule has 0 aromatic heterocycles. The predicted octanol–water partition coefficient (Wildman–Crippen LogP) is 1.35. The standard InChI is InChI=1S/C12H16ClNO3/c1-12(16,11(15)17-2)8-14-7-9-5-3-4-6-10(9)13/h3-6,14,16H,7-8H2,1-2H3. The maximum atomic E-state index is 11.2. The van der Waals surface area contributed by atoms with Crippen molar-refractivity contribution in [2.75, 3.05) is 13.7 Å². The van der Waals surface area contributed by atoms with Crippen molar-refractivity contribution in [2.24, 2.45) is 0 Å². The van der Waals surface area contributed by atoms with Crippen LogP contribution in [0.25, 0.3) is 0 Å². The van der Waals surface area contributed by atoms with Gasteiger partial charge in [-0.3, -0.25) is 0 Å². The minimum absolute atomic E-state index is 0.102. The fourth-order valence-electron chi connectivity index (χ4n) is 1.37. The van der Waals surface area contributed by atoms with Gasteiger partial charge in [-0.2, -0.15) is 0 Å². The molecule has 1 atom stereocenters. The van der Waals surface area contributed by atoms with Gasteiger partial charge in [-0.1, -0.05) is 29.8 Å². The van der Waals surface area contributed by atoms with Crippen molar-refractivity contribution in [1.29, 1.82) is 0 Å². The van der Waals surface area contributed by atoms with Gasteiger partial charge >= 0.3 is 5.97 Å². The van der Waals surface area contributed by atoms with Gasteiger partial charge in [0.15, 0.2) is 5.60 Å². The molecular formula is C12H16ClNO3. The van der Waals surface area contributed by atoms with Crippen molar-refractivity contribution < 1.29 is 14.6 Å². The van der Waals surface area contributed by atoms with E-state index in [4.69, 9.17) is 11.6 Å². The minimum Gasteiger partial charge on any atom is -0.467 e. The summed E-state index contributed by atoms with van der Waals surface area (Å²) in [4.78, 5) is 11.2. The Morgan fingerprint density at radius 3 is 2.76 bits per heavy atom. The van der Waals surface area contributed by atoms with Gasteiger partial charge in [0, 0.05) is 18.1 Å². The van der Waals surface area contributed by atoms with Crippen LogP contribution in [0, 0.1) is 0 Å². The second-order valence-corrected chi connectivity index (χ2v) is 4.37. The molecule has 0 bridgehead atoms. The number of aliphatic hydroxyl groups is 1. The van der Waals surface area contributed by atoms with Crippen molar-refractivity contribution in [2.45, 2.75) is 19.1 Å². The van der Waals surface area contributed by atoms with E-state index >= 15 is 0 Å². The molecule has 17 heavy (non-hydrogen) atoms. The lowest BCUT2D eigenvalue weighted by Gasteiger charge is -2.20. The Morgan fingerprint density at radius 2 is 2.18 bits per heavy atom. The van der Waals surface area contributed by atoms with Gasteiger partial charge in [0.05, 0.1) is 7.11 Å². The van der Waals surface area contributed by atoms with Crippen molar-refractivity contribution in [1.82, 2.24) is 5.32 Å². The Kier molecular flexibility index (Phi) is 4.93. The zero-order chi connectivity index (χ0) is 12.9. The summed E-state index contributed by atoms with van der Waals surface area (Å²) in [5, 5.41) is 13.4. The number of carbonyl (C=O) groups is 1. The Bertz CT molecular complexity index is 393. The Balaban J connectivity index is 2.48. The number of nitrogens with one attached hydrogen (secondary N) is 1. The van der Waals surface area contributed by atoms with Crippen molar-refractivity contribution in [3.8, 4) is 0 Å². The first kappa shape index (κ1) is 14.0. The molecule has 0 fully saturated rings. The minimum atomic E-state index is -1.53. The van der Waals surface area contributed by atoms with E-state index < -0.39 is 11.6 Å². The van der Waals surface area contributed by atoms with Crippen LogP contribution in [0.15, 0.2) is 24.3 Å². The normalized spacial score (nSPS) is 14.1. The van der Waals surface area contributed by atoms with Gasteiger partial charge in [-0.15, -0.1) is 0 Å². The van der Waals surface area contributed by atoms with E-state index in [0.29, 0.717) is 11.6 Å². The maximum absolute atomic E-state index is 11.2. The average molecular weight is 258 g/mol. The fraction of sp³-hybridized carbons (Fsp3) is 0.417. The molecule has 0 amide bonds. The van der Waals surface area contributed by atoms with Crippen LogP contribution in [-0.2, 0) is 16.1 Å². The van der Waals surface area contributed by atoms with Gasteiger partial charge in [0.2, 0.25) is 0 Å². The lowest BCUT2D eigenvalue weighted by molar-refractivity contribution is -0.159. The first-order valence-electron chi connectivity index (χ1n) is 5.22. The van der Waals surface area contributed by atoms with Crippen LogP contribution in [0.5, 0.6) is 0 Å². The van der Waals surface area contributed by atoms with Crippen LogP contribution in [0.1, 0.15) is 12.5 Å².